The summed E-state index contributed by atoms with van der Waals surface area (Å²) in [6.07, 6.45) is 5.14. The molecule has 2 heterocycles. The van der Waals surface area contributed by atoms with Crippen LogP contribution in [0, 0.1) is 11.3 Å². The normalized spacial score (nSPS) is 22.1. The standard InChI is InChI=1S/C17H27N5O2/c1-17(2,3)15(24)22-9-5-8-12(10-22)14(23)19-16-18-13(20-21-16)11-6-4-7-11/h11-12H,4-10H2,1-3H3,(H2,18,19,20,21,23). The Morgan fingerprint density at radius 3 is 2.58 bits per heavy atom. The van der Waals surface area contributed by atoms with Crippen LogP contribution in [-0.4, -0.2) is 45.0 Å². The van der Waals surface area contributed by atoms with Crippen LogP contribution >= 0.6 is 0 Å². The van der Waals surface area contributed by atoms with Crippen molar-refractivity contribution in [2.45, 2.75) is 58.8 Å². The van der Waals surface area contributed by atoms with E-state index in [4.69, 9.17) is 0 Å². The van der Waals surface area contributed by atoms with Gasteiger partial charge in [0.1, 0.15) is 5.82 Å². The Bertz CT molecular complexity index is 615. The number of piperidine rings is 1. The highest BCUT2D eigenvalue weighted by Gasteiger charge is 2.33. The summed E-state index contributed by atoms with van der Waals surface area (Å²) < 4.78 is 0. The number of amides is 2. The molecule has 1 aromatic rings. The Labute approximate surface area is 142 Å². The predicted octanol–water partition coefficient (Wildman–Crippen LogP) is 2.30. The first-order valence-electron chi connectivity index (χ1n) is 8.87. The van der Waals surface area contributed by atoms with E-state index in [1.165, 1.54) is 6.42 Å². The molecule has 1 aliphatic heterocycles. The molecule has 1 unspecified atom stereocenters. The van der Waals surface area contributed by atoms with Crippen molar-refractivity contribution in [1.82, 2.24) is 20.1 Å². The van der Waals surface area contributed by atoms with Gasteiger partial charge in [0.05, 0.1) is 5.92 Å². The molecule has 1 saturated carbocycles. The maximum Gasteiger partial charge on any atom is 0.248 e. The van der Waals surface area contributed by atoms with E-state index in [1.807, 2.05) is 25.7 Å². The Balaban J connectivity index is 1.58. The molecule has 2 fully saturated rings. The lowest BCUT2D eigenvalue weighted by Crippen LogP contribution is -2.47. The first kappa shape index (κ1) is 16.9. The fourth-order valence-electron chi connectivity index (χ4n) is 3.26. The number of aromatic amines is 1. The summed E-state index contributed by atoms with van der Waals surface area (Å²) in [4.78, 5) is 31.1. The van der Waals surface area contributed by atoms with Gasteiger partial charge in [-0.3, -0.25) is 20.0 Å². The minimum atomic E-state index is -0.417. The van der Waals surface area contributed by atoms with Gasteiger partial charge in [-0.2, -0.15) is 4.98 Å². The monoisotopic (exact) mass is 333 g/mol. The number of nitrogens with zero attached hydrogens (tertiary/aromatic N) is 3. The second kappa shape index (κ2) is 6.53. The number of anilines is 1. The molecule has 1 aromatic heterocycles. The molecule has 2 aliphatic rings. The van der Waals surface area contributed by atoms with Crippen LogP contribution in [0.15, 0.2) is 0 Å². The van der Waals surface area contributed by atoms with E-state index in [1.54, 1.807) is 0 Å². The molecule has 0 radical (unpaired) electrons. The number of hydrogen-bond donors (Lipinski definition) is 2. The Morgan fingerprint density at radius 2 is 1.96 bits per heavy atom. The first-order chi connectivity index (χ1) is 11.3. The molecule has 7 nitrogen and oxygen atoms in total. The van der Waals surface area contributed by atoms with E-state index in [-0.39, 0.29) is 17.7 Å². The Morgan fingerprint density at radius 1 is 1.21 bits per heavy atom. The molecule has 1 aliphatic carbocycles. The molecule has 1 atom stereocenters. The fourth-order valence-corrected chi connectivity index (χ4v) is 3.26. The largest absolute Gasteiger partial charge is 0.341 e. The maximum absolute atomic E-state index is 12.5. The second-order valence-electron chi connectivity index (χ2n) is 8.00. The van der Waals surface area contributed by atoms with E-state index in [0.717, 1.165) is 38.1 Å². The van der Waals surface area contributed by atoms with E-state index >= 15 is 0 Å². The molecule has 1 saturated heterocycles. The zero-order valence-electron chi connectivity index (χ0n) is 14.8. The van der Waals surface area contributed by atoms with Gasteiger partial charge in [0.25, 0.3) is 0 Å². The average Bonchev–Trinajstić information content (AvgIpc) is 2.91. The van der Waals surface area contributed by atoms with E-state index < -0.39 is 5.41 Å². The molecule has 132 valence electrons. The highest BCUT2D eigenvalue weighted by atomic mass is 16.2. The molecule has 2 amide bonds. The summed E-state index contributed by atoms with van der Waals surface area (Å²) >= 11 is 0. The number of carbonyl (C=O) groups excluding carboxylic acids is 2. The number of nitrogens with one attached hydrogen (secondary N) is 2. The number of hydrogen-bond acceptors (Lipinski definition) is 4. The molecule has 24 heavy (non-hydrogen) atoms. The quantitative estimate of drug-likeness (QED) is 0.888. The van der Waals surface area contributed by atoms with Crippen LogP contribution in [0.2, 0.25) is 0 Å². The van der Waals surface area contributed by atoms with Gasteiger partial charge in [-0.25, -0.2) is 0 Å². The summed E-state index contributed by atoms with van der Waals surface area (Å²) in [6.45, 7) is 6.94. The number of rotatable bonds is 3. The molecule has 0 spiro atoms. The zero-order valence-corrected chi connectivity index (χ0v) is 14.8. The predicted molar refractivity (Wildman–Crippen MR) is 90.4 cm³/mol. The third kappa shape index (κ3) is 3.60. The van der Waals surface area contributed by atoms with Gasteiger partial charge in [0.15, 0.2) is 0 Å². The fraction of sp³-hybridized carbons (Fsp3) is 0.765. The first-order valence-corrected chi connectivity index (χ1v) is 8.87. The maximum atomic E-state index is 12.5. The van der Waals surface area contributed by atoms with Crippen LogP contribution in [0.4, 0.5) is 5.95 Å². The summed E-state index contributed by atoms with van der Waals surface area (Å²) in [5.41, 5.74) is -0.417. The third-order valence-corrected chi connectivity index (χ3v) is 4.95. The number of carbonyl (C=O) groups is 2. The van der Waals surface area contributed by atoms with Crippen molar-refractivity contribution < 1.29 is 9.59 Å². The molecular formula is C17H27N5O2. The van der Waals surface area contributed by atoms with Crippen LogP contribution in [0.3, 0.4) is 0 Å². The molecule has 0 aromatic carbocycles. The van der Waals surface area contributed by atoms with Gasteiger partial charge < -0.3 is 4.90 Å². The second-order valence-corrected chi connectivity index (χ2v) is 8.00. The highest BCUT2D eigenvalue weighted by Crippen LogP contribution is 2.34. The topological polar surface area (TPSA) is 91.0 Å². The van der Waals surface area contributed by atoms with Crippen molar-refractivity contribution in [3.05, 3.63) is 5.82 Å². The van der Waals surface area contributed by atoms with Crippen molar-refractivity contribution in [3.8, 4) is 0 Å². The zero-order chi connectivity index (χ0) is 17.3. The minimum absolute atomic E-state index is 0.0967. The van der Waals surface area contributed by atoms with E-state index in [0.29, 0.717) is 18.4 Å². The van der Waals surface area contributed by atoms with Crippen LogP contribution < -0.4 is 5.32 Å². The average molecular weight is 333 g/mol. The van der Waals surface area contributed by atoms with Gasteiger partial charge in [0.2, 0.25) is 17.8 Å². The number of aromatic nitrogens is 3. The van der Waals surface area contributed by atoms with Gasteiger partial charge in [-0.1, -0.05) is 27.2 Å². The molecule has 0 bridgehead atoms. The van der Waals surface area contributed by atoms with Crippen molar-refractivity contribution >= 4 is 17.8 Å². The van der Waals surface area contributed by atoms with Crippen LogP contribution in [0.5, 0.6) is 0 Å². The lowest BCUT2D eigenvalue weighted by molar-refractivity contribution is -0.142. The SMILES string of the molecule is CC(C)(C)C(=O)N1CCCC(C(=O)Nc2n[nH]c(C3CCC3)n2)C1. The lowest BCUT2D eigenvalue weighted by atomic mass is 9.85. The summed E-state index contributed by atoms with van der Waals surface area (Å²) in [5.74, 6) is 1.48. The van der Waals surface area contributed by atoms with Crippen molar-refractivity contribution in [2.75, 3.05) is 18.4 Å². The van der Waals surface area contributed by atoms with Crippen molar-refractivity contribution in [2.24, 2.45) is 11.3 Å². The molecule has 3 rings (SSSR count). The van der Waals surface area contributed by atoms with Gasteiger partial charge >= 0.3 is 0 Å². The Hall–Kier alpha value is -1.92. The summed E-state index contributed by atoms with van der Waals surface area (Å²) in [5, 5.41) is 9.82. The number of H-pyrrole nitrogens is 1. The van der Waals surface area contributed by atoms with Gasteiger partial charge in [-0.15, -0.1) is 5.10 Å². The van der Waals surface area contributed by atoms with Crippen LogP contribution in [0.1, 0.15) is 64.6 Å². The third-order valence-electron chi connectivity index (χ3n) is 4.95. The summed E-state index contributed by atoms with van der Waals surface area (Å²) in [6, 6.07) is 0. The van der Waals surface area contributed by atoms with E-state index in [9.17, 15) is 9.59 Å². The molecule has 7 heteroatoms. The van der Waals surface area contributed by atoms with Crippen molar-refractivity contribution in [3.63, 3.8) is 0 Å². The van der Waals surface area contributed by atoms with Crippen molar-refractivity contribution in [1.29, 1.82) is 0 Å². The molecule has 2 N–H and O–H groups in total. The minimum Gasteiger partial charge on any atom is -0.341 e. The lowest BCUT2D eigenvalue weighted by Gasteiger charge is -2.35. The Kier molecular flexibility index (Phi) is 4.60. The summed E-state index contributed by atoms with van der Waals surface area (Å²) in [7, 11) is 0. The van der Waals surface area contributed by atoms with Gasteiger partial charge in [0, 0.05) is 24.4 Å². The molecular weight excluding hydrogens is 306 g/mol. The number of likely N-dealkylation sites (tertiary alicyclic amines) is 1. The highest BCUT2D eigenvalue weighted by molar-refractivity contribution is 5.91. The smallest absolute Gasteiger partial charge is 0.248 e. The van der Waals surface area contributed by atoms with Crippen LogP contribution in [-0.2, 0) is 9.59 Å². The van der Waals surface area contributed by atoms with E-state index in [2.05, 4.69) is 20.5 Å². The van der Waals surface area contributed by atoms with Gasteiger partial charge in [-0.05, 0) is 25.7 Å². The van der Waals surface area contributed by atoms with Crippen LogP contribution in [0.25, 0.3) is 0 Å².